The van der Waals surface area contributed by atoms with Gasteiger partial charge in [0, 0.05) is 18.1 Å². The van der Waals surface area contributed by atoms with Gasteiger partial charge in [0.15, 0.2) is 0 Å². The molecule has 3 nitrogen and oxygen atoms in total. The minimum Gasteiger partial charge on any atom is -0.497 e. The fraction of sp³-hybridized carbons (Fsp3) is 0.471. The normalized spacial score (nSPS) is 16.1. The van der Waals surface area contributed by atoms with E-state index >= 15 is 0 Å². The smallest absolute Gasteiger partial charge is 0.133 e. The molecule has 1 aliphatic rings. The summed E-state index contributed by atoms with van der Waals surface area (Å²) < 4.78 is 5.28. The molecule has 1 heterocycles. The van der Waals surface area contributed by atoms with Crippen LogP contribution in [0.3, 0.4) is 0 Å². The number of aromatic nitrogens is 1. The van der Waals surface area contributed by atoms with Gasteiger partial charge in [0.2, 0.25) is 0 Å². The quantitative estimate of drug-likeness (QED) is 0.852. The van der Waals surface area contributed by atoms with Gasteiger partial charge in [-0.2, -0.15) is 0 Å². The summed E-state index contributed by atoms with van der Waals surface area (Å²) in [5, 5.41) is 5.90. The van der Waals surface area contributed by atoms with Crippen molar-refractivity contribution in [1.29, 1.82) is 0 Å². The number of rotatable bonds is 6. The van der Waals surface area contributed by atoms with Gasteiger partial charge < -0.3 is 10.1 Å². The summed E-state index contributed by atoms with van der Waals surface area (Å²) in [6, 6.07) is 8.17. The van der Waals surface area contributed by atoms with Crippen molar-refractivity contribution in [2.75, 3.05) is 19.0 Å². The highest BCUT2D eigenvalue weighted by molar-refractivity contribution is 5.92. The largest absolute Gasteiger partial charge is 0.497 e. The van der Waals surface area contributed by atoms with Crippen molar-refractivity contribution in [3.05, 3.63) is 30.5 Å². The molecule has 0 amide bonds. The first-order valence-electron chi connectivity index (χ1n) is 7.43. The molecule has 0 radical (unpaired) electrons. The van der Waals surface area contributed by atoms with Crippen LogP contribution >= 0.6 is 0 Å². The van der Waals surface area contributed by atoms with Crippen LogP contribution < -0.4 is 10.1 Å². The fourth-order valence-electron chi connectivity index (χ4n) is 2.92. The van der Waals surface area contributed by atoms with Crippen LogP contribution in [0, 0.1) is 5.41 Å². The van der Waals surface area contributed by atoms with E-state index in [4.69, 9.17) is 4.74 Å². The van der Waals surface area contributed by atoms with Crippen molar-refractivity contribution in [3.8, 4) is 5.75 Å². The monoisotopic (exact) mass is 270 g/mol. The summed E-state index contributed by atoms with van der Waals surface area (Å²) in [7, 11) is 1.70. The predicted molar refractivity (Wildman–Crippen MR) is 83.4 cm³/mol. The van der Waals surface area contributed by atoms with E-state index in [0.717, 1.165) is 18.1 Å². The van der Waals surface area contributed by atoms with Crippen LogP contribution in [0.25, 0.3) is 10.8 Å². The van der Waals surface area contributed by atoms with Crippen molar-refractivity contribution < 1.29 is 4.74 Å². The topological polar surface area (TPSA) is 34.2 Å². The van der Waals surface area contributed by atoms with E-state index in [1.54, 1.807) is 7.11 Å². The van der Waals surface area contributed by atoms with Gasteiger partial charge in [0.05, 0.1) is 7.11 Å². The number of nitrogens with zero attached hydrogens (tertiary/aromatic N) is 1. The zero-order chi connectivity index (χ0) is 14.0. The Morgan fingerprint density at radius 1 is 1.30 bits per heavy atom. The molecule has 1 aromatic heterocycles. The Bertz CT molecular complexity index is 605. The Morgan fingerprint density at radius 2 is 2.15 bits per heavy atom. The van der Waals surface area contributed by atoms with Gasteiger partial charge >= 0.3 is 0 Å². The van der Waals surface area contributed by atoms with E-state index in [0.29, 0.717) is 5.41 Å². The number of ether oxygens (including phenoxy) is 1. The maximum absolute atomic E-state index is 5.28. The Kier molecular flexibility index (Phi) is 3.51. The molecule has 3 heteroatoms. The summed E-state index contributed by atoms with van der Waals surface area (Å²) in [6.45, 7) is 3.31. The van der Waals surface area contributed by atoms with E-state index in [1.165, 1.54) is 36.5 Å². The van der Waals surface area contributed by atoms with Crippen molar-refractivity contribution in [2.24, 2.45) is 5.41 Å². The first-order chi connectivity index (χ1) is 9.76. The van der Waals surface area contributed by atoms with E-state index < -0.39 is 0 Å². The van der Waals surface area contributed by atoms with Gasteiger partial charge in [-0.1, -0.05) is 13.3 Å². The lowest BCUT2D eigenvalue weighted by Crippen LogP contribution is -2.16. The highest BCUT2D eigenvalue weighted by Crippen LogP contribution is 2.49. The van der Waals surface area contributed by atoms with Gasteiger partial charge in [0.1, 0.15) is 11.6 Å². The number of hydrogen-bond acceptors (Lipinski definition) is 3. The highest BCUT2D eigenvalue weighted by atomic mass is 16.5. The average Bonchev–Trinajstić information content (AvgIpc) is 3.25. The lowest BCUT2D eigenvalue weighted by molar-refractivity contribution is 0.415. The van der Waals surface area contributed by atoms with E-state index in [1.807, 2.05) is 18.3 Å². The molecule has 0 atom stereocenters. The van der Waals surface area contributed by atoms with Gasteiger partial charge in [0.25, 0.3) is 0 Å². The van der Waals surface area contributed by atoms with Crippen LogP contribution in [0.15, 0.2) is 30.5 Å². The Morgan fingerprint density at radius 3 is 2.85 bits per heavy atom. The maximum Gasteiger partial charge on any atom is 0.133 e. The number of benzene rings is 1. The van der Waals surface area contributed by atoms with Gasteiger partial charge in [-0.25, -0.2) is 4.98 Å². The number of anilines is 1. The standard InChI is InChI=1S/C17H22N2O/c1-3-7-17(8-9-17)12-19-16-15-5-4-14(20-2)11-13(15)6-10-18-16/h4-6,10-11H,3,7-9,12H2,1-2H3,(H,18,19). The second-order valence-electron chi connectivity index (χ2n) is 5.85. The SMILES string of the molecule is CCCC1(CNc2nccc3cc(OC)ccc23)CC1. The molecule has 0 unspecified atom stereocenters. The van der Waals surface area contributed by atoms with Crippen LogP contribution in [0.5, 0.6) is 5.75 Å². The number of hydrogen-bond donors (Lipinski definition) is 1. The molecule has 0 bridgehead atoms. The molecule has 1 N–H and O–H groups in total. The number of nitrogens with one attached hydrogen (secondary N) is 1. The van der Waals surface area contributed by atoms with Crippen molar-refractivity contribution in [3.63, 3.8) is 0 Å². The second kappa shape index (κ2) is 5.31. The molecule has 0 aliphatic heterocycles. The highest BCUT2D eigenvalue weighted by Gasteiger charge is 2.41. The maximum atomic E-state index is 5.28. The number of pyridine rings is 1. The van der Waals surface area contributed by atoms with Crippen molar-refractivity contribution in [2.45, 2.75) is 32.6 Å². The summed E-state index contributed by atoms with van der Waals surface area (Å²) in [5.41, 5.74) is 0.533. The Labute approximate surface area is 120 Å². The van der Waals surface area contributed by atoms with E-state index in [2.05, 4.69) is 29.4 Å². The van der Waals surface area contributed by atoms with Gasteiger partial charge in [-0.15, -0.1) is 0 Å². The molecule has 1 saturated carbocycles. The van der Waals surface area contributed by atoms with E-state index in [-0.39, 0.29) is 0 Å². The van der Waals surface area contributed by atoms with Crippen LogP contribution in [0.4, 0.5) is 5.82 Å². The molecule has 20 heavy (non-hydrogen) atoms. The third kappa shape index (κ3) is 2.58. The summed E-state index contributed by atoms with van der Waals surface area (Å²) in [6.07, 6.45) is 7.16. The zero-order valence-electron chi connectivity index (χ0n) is 12.3. The van der Waals surface area contributed by atoms with E-state index in [9.17, 15) is 0 Å². The second-order valence-corrected chi connectivity index (χ2v) is 5.85. The van der Waals surface area contributed by atoms with Crippen molar-refractivity contribution in [1.82, 2.24) is 4.98 Å². The third-order valence-electron chi connectivity index (χ3n) is 4.34. The van der Waals surface area contributed by atoms with Crippen LogP contribution in [0.1, 0.15) is 32.6 Å². The lowest BCUT2D eigenvalue weighted by atomic mass is 10.0. The van der Waals surface area contributed by atoms with Gasteiger partial charge in [-0.3, -0.25) is 0 Å². The minimum atomic E-state index is 0.533. The number of methoxy groups -OCH3 is 1. The Hall–Kier alpha value is -1.77. The molecule has 106 valence electrons. The van der Waals surface area contributed by atoms with Crippen LogP contribution in [-0.2, 0) is 0 Å². The molecule has 0 spiro atoms. The molecule has 1 aliphatic carbocycles. The minimum absolute atomic E-state index is 0.533. The molecule has 1 aromatic carbocycles. The summed E-state index contributed by atoms with van der Waals surface area (Å²) in [4.78, 5) is 4.50. The summed E-state index contributed by atoms with van der Waals surface area (Å²) >= 11 is 0. The lowest BCUT2D eigenvalue weighted by Gasteiger charge is -2.16. The predicted octanol–water partition coefficient (Wildman–Crippen LogP) is 4.24. The molecule has 2 aromatic rings. The average molecular weight is 270 g/mol. The molecular weight excluding hydrogens is 248 g/mol. The zero-order valence-corrected chi connectivity index (χ0v) is 12.3. The van der Waals surface area contributed by atoms with Crippen LogP contribution in [0.2, 0.25) is 0 Å². The summed E-state index contributed by atoms with van der Waals surface area (Å²) in [5.74, 6) is 1.88. The third-order valence-corrected chi connectivity index (χ3v) is 4.34. The first-order valence-corrected chi connectivity index (χ1v) is 7.43. The van der Waals surface area contributed by atoms with Crippen molar-refractivity contribution >= 4 is 16.6 Å². The van der Waals surface area contributed by atoms with Crippen LogP contribution in [-0.4, -0.2) is 18.6 Å². The molecule has 3 rings (SSSR count). The molecule has 0 saturated heterocycles. The fourth-order valence-corrected chi connectivity index (χ4v) is 2.92. The Balaban J connectivity index is 1.81. The molecule has 1 fully saturated rings. The molecular formula is C17H22N2O. The number of fused-ring (bicyclic) bond motifs is 1. The van der Waals surface area contributed by atoms with Gasteiger partial charge in [-0.05, 0) is 54.3 Å². The first kappa shape index (κ1) is 13.2.